The summed E-state index contributed by atoms with van der Waals surface area (Å²) in [6.45, 7) is 0.428. The maximum atomic E-state index is 9.40. The lowest BCUT2D eigenvalue weighted by atomic mass is 10.00. The molecule has 2 rings (SSSR count). The quantitative estimate of drug-likeness (QED) is 0.736. The van der Waals surface area contributed by atoms with Crippen LogP contribution in [0.2, 0.25) is 0 Å². The lowest BCUT2D eigenvalue weighted by Crippen LogP contribution is -2.12. The van der Waals surface area contributed by atoms with Crippen molar-refractivity contribution in [2.24, 2.45) is 0 Å². The van der Waals surface area contributed by atoms with E-state index >= 15 is 0 Å². The molecule has 25 heavy (non-hydrogen) atoms. The van der Waals surface area contributed by atoms with E-state index in [4.69, 9.17) is 14.2 Å². The highest BCUT2D eigenvalue weighted by atomic mass is 16.5. The van der Waals surface area contributed by atoms with Crippen LogP contribution in [0.3, 0.4) is 0 Å². The molecule has 2 unspecified atom stereocenters. The highest BCUT2D eigenvalue weighted by Gasteiger charge is 2.15. The summed E-state index contributed by atoms with van der Waals surface area (Å²) < 4.78 is 16.0. The summed E-state index contributed by atoms with van der Waals surface area (Å²) in [6, 6.07) is 19.2. The minimum absolute atomic E-state index is 0.214. The van der Waals surface area contributed by atoms with Crippen LogP contribution in [0.15, 0.2) is 48.5 Å². The monoisotopic (exact) mass is 336 g/mol. The second kappa shape index (κ2) is 9.32. The van der Waals surface area contributed by atoms with Gasteiger partial charge in [0.25, 0.3) is 0 Å². The summed E-state index contributed by atoms with van der Waals surface area (Å²) >= 11 is 0. The molecule has 0 saturated carbocycles. The Labute approximate surface area is 148 Å². The van der Waals surface area contributed by atoms with E-state index < -0.39 is 11.8 Å². The third kappa shape index (κ3) is 4.97. The van der Waals surface area contributed by atoms with Crippen LogP contribution in [0.1, 0.15) is 23.0 Å². The molecule has 2 aromatic rings. The SMILES string of the molecule is COc1cccc(C(C#N)COCC(C#N)c2cccc(OC)c2)c1. The van der Waals surface area contributed by atoms with Crippen LogP contribution in [0.25, 0.3) is 0 Å². The molecule has 0 N–H and O–H groups in total. The highest BCUT2D eigenvalue weighted by Crippen LogP contribution is 2.23. The van der Waals surface area contributed by atoms with Crippen LogP contribution in [0.4, 0.5) is 0 Å². The number of hydrogen-bond acceptors (Lipinski definition) is 5. The molecule has 5 heteroatoms. The second-order valence-corrected chi connectivity index (χ2v) is 5.45. The first-order valence-corrected chi connectivity index (χ1v) is 7.86. The molecule has 0 aliphatic heterocycles. The van der Waals surface area contributed by atoms with Gasteiger partial charge in [0.1, 0.15) is 11.5 Å². The predicted molar refractivity (Wildman–Crippen MR) is 93.5 cm³/mol. The van der Waals surface area contributed by atoms with E-state index in [1.54, 1.807) is 14.2 Å². The summed E-state index contributed by atoms with van der Waals surface area (Å²) in [7, 11) is 3.17. The number of nitriles is 2. The van der Waals surface area contributed by atoms with Gasteiger partial charge in [0.2, 0.25) is 0 Å². The first-order valence-electron chi connectivity index (χ1n) is 7.86. The van der Waals surface area contributed by atoms with Gasteiger partial charge in [-0.25, -0.2) is 0 Å². The van der Waals surface area contributed by atoms with E-state index in [0.29, 0.717) is 11.5 Å². The molecule has 0 amide bonds. The fourth-order valence-corrected chi connectivity index (χ4v) is 2.44. The minimum atomic E-state index is -0.417. The van der Waals surface area contributed by atoms with Crippen LogP contribution < -0.4 is 9.47 Å². The van der Waals surface area contributed by atoms with Gasteiger partial charge in [-0.2, -0.15) is 10.5 Å². The number of benzene rings is 2. The minimum Gasteiger partial charge on any atom is -0.497 e. The molecule has 0 radical (unpaired) electrons. The van der Waals surface area contributed by atoms with Gasteiger partial charge in [0, 0.05) is 0 Å². The molecule has 0 aromatic heterocycles. The average molecular weight is 336 g/mol. The van der Waals surface area contributed by atoms with Crippen molar-refractivity contribution in [3.63, 3.8) is 0 Å². The van der Waals surface area contributed by atoms with Crippen molar-refractivity contribution in [2.45, 2.75) is 11.8 Å². The fourth-order valence-electron chi connectivity index (χ4n) is 2.44. The number of rotatable bonds is 8. The lowest BCUT2D eigenvalue weighted by molar-refractivity contribution is 0.126. The van der Waals surface area contributed by atoms with Crippen LogP contribution in [0, 0.1) is 22.7 Å². The van der Waals surface area contributed by atoms with E-state index in [1.165, 1.54) is 0 Å². The number of methoxy groups -OCH3 is 2. The normalized spacial score (nSPS) is 12.5. The number of ether oxygens (including phenoxy) is 3. The van der Waals surface area contributed by atoms with E-state index in [9.17, 15) is 10.5 Å². The van der Waals surface area contributed by atoms with Crippen LogP contribution >= 0.6 is 0 Å². The van der Waals surface area contributed by atoms with Crippen molar-refractivity contribution < 1.29 is 14.2 Å². The Kier molecular flexibility index (Phi) is 6.83. The standard InChI is InChI=1S/C20H20N2O3/c1-23-19-7-3-5-15(9-19)17(11-21)13-25-14-18(12-22)16-6-4-8-20(10-16)24-2/h3-10,17-18H,13-14H2,1-2H3. The Balaban J connectivity index is 1.99. The average Bonchev–Trinajstić information content (AvgIpc) is 2.68. The van der Waals surface area contributed by atoms with Crippen LogP contribution in [-0.4, -0.2) is 27.4 Å². The molecule has 2 aromatic carbocycles. The van der Waals surface area contributed by atoms with Crippen molar-refractivity contribution >= 4 is 0 Å². The molecule has 5 nitrogen and oxygen atoms in total. The zero-order valence-corrected chi connectivity index (χ0v) is 14.3. The first kappa shape index (κ1) is 18.3. The van der Waals surface area contributed by atoms with Gasteiger partial charge in [-0.1, -0.05) is 24.3 Å². The highest BCUT2D eigenvalue weighted by molar-refractivity contribution is 5.34. The Bertz CT molecular complexity index is 711. The summed E-state index contributed by atoms with van der Waals surface area (Å²) in [4.78, 5) is 0. The molecule has 0 saturated heterocycles. The second-order valence-electron chi connectivity index (χ2n) is 5.45. The summed E-state index contributed by atoms with van der Waals surface area (Å²) in [6.07, 6.45) is 0. The zero-order chi connectivity index (χ0) is 18.1. The number of nitrogens with zero attached hydrogens (tertiary/aromatic N) is 2. The van der Waals surface area contributed by atoms with Crippen molar-refractivity contribution in [1.29, 1.82) is 10.5 Å². The Morgan fingerprint density at radius 2 is 1.24 bits per heavy atom. The Hall–Kier alpha value is -3.02. The maximum Gasteiger partial charge on any atom is 0.119 e. The van der Waals surface area contributed by atoms with E-state index in [0.717, 1.165) is 11.1 Å². The van der Waals surface area contributed by atoms with E-state index in [-0.39, 0.29) is 13.2 Å². The van der Waals surface area contributed by atoms with Crippen molar-refractivity contribution in [3.8, 4) is 23.6 Å². The van der Waals surface area contributed by atoms with Crippen molar-refractivity contribution in [2.75, 3.05) is 27.4 Å². The zero-order valence-electron chi connectivity index (χ0n) is 14.3. The summed E-state index contributed by atoms with van der Waals surface area (Å²) in [5.41, 5.74) is 1.66. The van der Waals surface area contributed by atoms with Crippen molar-refractivity contribution in [3.05, 3.63) is 59.7 Å². The number of hydrogen-bond donors (Lipinski definition) is 0. The largest absolute Gasteiger partial charge is 0.497 e. The molecular formula is C20H20N2O3. The fraction of sp³-hybridized carbons (Fsp3) is 0.300. The van der Waals surface area contributed by atoms with Gasteiger partial charge in [-0.3, -0.25) is 0 Å². The molecule has 0 spiro atoms. The van der Waals surface area contributed by atoms with Gasteiger partial charge in [0.15, 0.2) is 0 Å². The summed E-state index contributed by atoms with van der Waals surface area (Å²) in [5.74, 6) is 0.563. The molecule has 0 heterocycles. The predicted octanol–water partition coefficient (Wildman–Crippen LogP) is 3.63. The third-order valence-electron chi connectivity index (χ3n) is 3.87. The van der Waals surface area contributed by atoms with Gasteiger partial charge < -0.3 is 14.2 Å². The van der Waals surface area contributed by atoms with Crippen LogP contribution in [0.5, 0.6) is 11.5 Å². The molecule has 0 fully saturated rings. The molecular weight excluding hydrogens is 316 g/mol. The van der Waals surface area contributed by atoms with E-state index in [1.807, 2.05) is 48.5 Å². The maximum absolute atomic E-state index is 9.40. The third-order valence-corrected chi connectivity index (χ3v) is 3.87. The van der Waals surface area contributed by atoms with Gasteiger partial charge in [0.05, 0.1) is 51.4 Å². The molecule has 0 aliphatic carbocycles. The molecule has 0 aliphatic rings. The molecule has 2 atom stereocenters. The smallest absolute Gasteiger partial charge is 0.119 e. The van der Waals surface area contributed by atoms with Gasteiger partial charge in [-0.05, 0) is 35.4 Å². The van der Waals surface area contributed by atoms with E-state index in [2.05, 4.69) is 12.1 Å². The Morgan fingerprint density at radius 3 is 1.60 bits per heavy atom. The summed E-state index contributed by atoms with van der Waals surface area (Å²) in [5, 5.41) is 18.8. The molecule has 128 valence electrons. The topological polar surface area (TPSA) is 75.3 Å². The van der Waals surface area contributed by atoms with Gasteiger partial charge >= 0.3 is 0 Å². The van der Waals surface area contributed by atoms with Gasteiger partial charge in [-0.15, -0.1) is 0 Å². The van der Waals surface area contributed by atoms with Crippen LogP contribution in [-0.2, 0) is 4.74 Å². The molecule has 0 bridgehead atoms. The lowest BCUT2D eigenvalue weighted by Gasteiger charge is -2.14. The Morgan fingerprint density at radius 1 is 0.800 bits per heavy atom. The first-order chi connectivity index (χ1) is 12.2. The van der Waals surface area contributed by atoms with Crippen molar-refractivity contribution in [1.82, 2.24) is 0 Å².